The van der Waals surface area contributed by atoms with Gasteiger partial charge in [-0.2, -0.15) is 0 Å². The number of nitrogens with one attached hydrogen (secondary N) is 1. The second-order valence-corrected chi connectivity index (χ2v) is 4.64. The van der Waals surface area contributed by atoms with Crippen LogP contribution in [0.5, 0.6) is 0 Å². The summed E-state index contributed by atoms with van der Waals surface area (Å²) in [5.41, 5.74) is 2.18. The first-order valence-electron chi connectivity index (χ1n) is 6.66. The maximum Gasteiger partial charge on any atom is 0.253 e. The van der Waals surface area contributed by atoms with Crippen LogP contribution < -0.4 is 5.32 Å². The molecule has 2 amide bonds. The molecule has 112 valence electrons. The van der Waals surface area contributed by atoms with Crippen molar-refractivity contribution in [3.8, 4) is 11.8 Å². The van der Waals surface area contributed by atoms with Crippen molar-refractivity contribution in [3.05, 3.63) is 34.9 Å². The van der Waals surface area contributed by atoms with Crippen LogP contribution in [-0.2, 0) is 4.79 Å². The number of amides is 2. The van der Waals surface area contributed by atoms with Crippen molar-refractivity contribution in [2.75, 3.05) is 27.2 Å². The zero-order chi connectivity index (χ0) is 15.8. The second-order valence-electron chi connectivity index (χ2n) is 4.64. The zero-order valence-electron chi connectivity index (χ0n) is 12.6. The van der Waals surface area contributed by atoms with Gasteiger partial charge in [-0.05, 0) is 24.6 Å². The summed E-state index contributed by atoms with van der Waals surface area (Å²) in [5.74, 6) is 5.13. The van der Waals surface area contributed by atoms with E-state index in [2.05, 4.69) is 17.2 Å². The molecule has 5 heteroatoms. The van der Waals surface area contributed by atoms with Gasteiger partial charge >= 0.3 is 0 Å². The van der Waals surface area contributed by atoms with E-state index in [4.69, 9.17) is 5.11 Å². The van der Waals surface area contributed by atoms with Crippen molar-refractivity contribution in [1.29, 1.82) is 0 Å². The topological polar surface area (TPSA) is 69.6 Å². The van der Waals surface area contributed by atoms with E-state index in [1.54, 1.807) is 26.2 Å². The van der Waals surface area contributed by atoms with E-state index in [0.29, 0.717) is 12.1 Å². The van der Waals surface area contributed by atoms with Crippen LogP contribution in [0, 0.1) is 18.8 Å². The first kappa shape index (κ1) is 16.7. The third kappa shape index (κ3) is 4.93. The smallest absolute Gasteiger partial charge is 0.253 e. The normalized spacial score (nSPS) is 9.52. The lowest BCUT2D eigenvalue weighted by atomic mass is 10.0. The average Bonchev–Trinajstić information content (AvgIpc) is 2.50. The first-order chi connectivity index (χ1) is 9.99. The number of aryl methyl sites for hydroxylation is 1. The Bertz CT molecular complexity index is 585. The summed E-state index contributed by atoms with van der Waals surface area (Å²) in [6, 6.07) is 5.26. The highest BCUT2D eigenvalue weighted by Crippen LogP contribution is 2.12. The van der Waals surface area contributed by atoms with E-state index in [-0.39, 0.29) is 24.8 Å². The summed E-state index contributed by atoms with van der Waals surface area (Å²) in [4.78, 5) is 25.0. The van der Waals surface area contributed by atoms with E-state index < -0.39 is 0 Å². The molecule has 5 nitrogen and oxygen atoms in total. The minimum absolute atomic E-state index is 0.104. The third-order valence-electron chi connectivity index (χ3n) is 3.09. The fourth-order valence-electron chi connectivity index (χ4n) is 1.74. The van der Waals surface area contributed by atoms with Crippen LogP contribution in [0.2, 0.25) is 0 Å². The number of hydrogen-bond donors (Lipinski definition) is 2. The highest BCUT2D eigenvalue weighted by Gasteiger charge is 2.13. The van der Waals surface area contributed by atoms with Crippen LogP contribution in [0.3, 0.4) is 0 Å². The number of hydrogen-bond acceptors (Lipinski definition) is 3. The van der Waals surface area contributed by atoms with Crippen LogP contribution in [0.4, 0.5) is 0 Å². The standard InChI is InChI=1S/C16H20N2O3/c1-12-6-7-14(11-13(12)5-4-10-19)16(21)18(3)9-8-15(20)17-2/h6-7,11,19H,8-10H2,1-3H3,(H,17,20). The van der Waals surface area contributed by atoms with Crippen LogP contribution in [0.15, 0.2) is 18.2 Å². The fraction of sp³-hybridized carbons (Fsp3) is 0.375. The van der Waals surface area contributed by atoms with E-state index in [1.165, 1.54) is 4.90 Å². The van der Waals surface area contributed by atoms with Gasteiger partial charge in [0.25, 0.3) is 5.91 Å². The van der Waals surface area contributed by atoms with E-state index in [1.807, 2.05) is 13.0 Å². The minimum Gasteiger partial charge on any atom is -0.384 e. The van der Waals surface area contributed by atoms with E-state index in [0.717, 1.165) is 11.1 Å². The highest BCUT2D eigenvalue weighted by atomic mass is 16.2. The number of carbonyl (C=O) groups is 2. The average molecular weight is 288 g/mol. The predicted molar refractivity (Wildman–Crippen MR) is 80.8 cm³/mol. The monoisotopic (exact) mass is 288 g/mol. The fourth-order valence-corrected chi connectivity index (χ4v) is 1.74. The van der Waals surface area contributed by atoms with Crippen molar-refractivity contribution in [3.63, 3.8) is 0 Å². The maximum absolute atomic E-state index is 12.3. The number of rotatable bonds is 4. The van der Waals surface area contributed by atoms with E-state index in [9.17, 15) is 9.59 Å². The Kier molecular flexibility index (Phi) is 6.44. The van der Waals surface area contributed by atoms with Gasteiger partial charge in [0.15, 0.2) is 0 Å². The summed E-state index contributed by atoms with van der Waals surface area (Å²) in [6.45, 7) is 2.03. The Morgan fingerprint density at radius 3 is 2.71 bits per heavy atom. The summed E-state index contributed by atoms with van der Waals surface area (Å²) in [5, 5.41) is 11.3. The van der Waals surface area contributed by atoms with Gasteiger partial charge in [-0.15, -0.1) is 0 Å². The van der Waals surface area contributed by atoms with Gasteiger partial charge in [-0.3, -0.25) is 9.59 Å². The molecular formula is C16H20N2O3. The lowest BCUT2D eigenvalue weighted by molar-refractivity contribution is -0.120. The van der Waals surface area contributed by atoms with E-state index >= 15 is 0 Å². The quantitative estimate of drug-likeness (QED) is 0.795. The summed E-state index contributed by atoms with van der Waals surface area (Å²) in [7, 11) is 3.22. The van der Waals surface area contributed by atoms with Gasteiger partial charge in [-0.25, -0.2) is 0 Å². The van der Waals surface area contributed by atoms with Crippen molar-refractivity contribution >= 4 is 11.8 Å². The van der Waals surface area contributed by atoms with Crippen molar-refractivity contribution in [2.45, 2.75) is 13.3 Å². The van der Waals surface area contributed by atoms with Crippen LogP contribution in [-0.4, -0.2) is 49.1 Å². The first-order valence-corrected chi connectivity index (χ1v) is 6.66. The molecule has 0 heterocycles. The molecule has 0 fully saturated rings. The van der Waals surface area contributed by atoms with Crippen molar-refractivity contribution in [2.24, 2.45) is 0 Å². The van der Waals surface area contributed by atoms with Crippen molar-refractivity contribution < 1.29 is 14.7 Å². The number of carbonyl (C=O) groups excluding carboxylic acids is 2. The summed E-state index contributed by atoms with van der Waals surface area (Å²) in [6.07, 6.45) is 0.266. The molecule has 1 rings (SSSR count). The Hall–Kier alpha value is -2.32. The number of nitrogens with zero attached hydrogens (tertiary/aromatic N) is 1. The molecule has 21 heavy (non-hydrogen) atoms. The molecule has 0 aliphatic carbocycles. The number of aliphatic hydroxyl groups excluding tert-OH is 1. The predicted octanol–water partition coefficient (Wildman–Crippen LogP) is 0.547. The molecule has 0 aromatic heterocycles. The van der Waals surface area contributed by atoms with Gasteiger partial charge in [0.05, 0.1) is 0 Å². The number of benzene rings is 1. The third-order valence-corrected chi connectivity index (χ3v) is 3.09. The SMILES string of the molecule is CNC(=O)CCN(C)C(=O)c1ccc(C)c(C#CCO)c1. The van der Waals surface area contributed by atoms with Gasteiger partial charge in [0.2, 0.25) is 5.91 Å². The summed E-state index contributed by atoms with van der Waals surface area (Å²) >= 11 is 0. The maximum atomic E-state index is 12.3. The van der Waals surface area contributed by atoms with Gasteiger partial charge in [0, 0.05) is 38.2 Å². The molecule has 0 aliphatic rings. The summed E-state index contributed by atoms with van der Waals surface area (Å²) < 4.78 is 0. The zero-order valence-corrected chi connectivity index (χ0v) is 12.6. The molecule has 0 spiro atoms. The molecular weight excluding hydrogens is 268 g/mol. The van der Waals surface area contributed by atoms with Crippen LogP contribution in [0.25, 0.3) is 0 Å². The van der Waals surface area contributed by atoms with Gasteiger partial charge < -0.3 is 15.3 Å². The molecule has 0 saturated heterocycles. The highest BCUT2D eigenvalue weighted by molar-refractivity contribution is 5.94. The number of aliphatic hydroxyl groups is 1. The molecule has 0 atom stereocenters. The Morgan fingerprint density at radius 2 is 2.10 bits per heavy atom. The Balaban J connectivity index is 2.84. The van der Waals surface area contributed by atoms with Gasteiger partial charge in [0.1, 0.15) is 6.61 Å². The molecule has 0 saturated carbocycles. The molecule has 0 unspecified atom stereocenters. The molecule has 0 radical (unpaired) electrons. The van der Waals surface area contributed by atoms with Gasteiger partial charge in [-0.1, -0.05) is 17.9 Å². The lowest BCUT2D eigenvalue weighted by Gasteiger charge is -2.17. The molecule has 1 aromatic rings. The Morgan fingerprint density at radius 1 is 1.38 bits per heavy atom. The Labute approximate surface area is 125 Å². The molecule has 0 bridgehead atoms. The van der Waals surface area contributed by atoms with Crippen LogP contribution in [0.1, 0.15) is 27.9 Å². The molecule has 2 N–H and O–H groups in total. The molecule has 0 aliphatic heterocycles. The van der Waals surface area contributed by atoms with Crippen molar-refractivity contribution in [1.82, 2.24) is 10.2 Å². The largest absolute Gasteiger partial charge is 0.384 e. The minimum atomic E-state index is -0.219. The lowest BCUT2D eigenvalue weighted by Crippen LogP contribution is -2.31. The second kappa shape index (κ2) is 8.08. The molecule has 1 aromatic carbocycles. The van der Waals surface area contributed by atoms with Crippen LogP contribution >= 0.6 is 0 Å².